The lowest BCUT2D eigenvalue weighted by Crippen LogP contribution is -2.52. The van der Waals surface area contributed by atoms with Gasteiger partial charge < -0.3 is 4.90 Å². The van der Waals surface area contributed by atoms with Crippen LogP contribution in [0.4, 0.5) is 5.69 Å². The summed E-state index contributed by atoms with van der Waals surface area (Å²) < 4.78 is 27.0. The maximum Gasteiger partial charge on any atom is 0.251 e. The standard InChI is InChI=1S/C13H16N2O2S2/c1-15-10-6-3-4-7-11(10)18-13(8-5-9-13)12(15)14-19(2,16)17/h3-4,6-7H,5,8-9H2,1-2H3/b14-12-. The van der Waals surface area contributed by atoms with Gasteiger partial charge in [0.1, 0.15) is 5.84 Å². The van der Waals surface area contributed by atoms with Crippen molar-refractivity contribution in [2.75, 3.05) is 18.2 Å². The van der Waals surface area contributed by atoms with Gasteiger partial charge in [0, 0.05) is 11.9 Å². The molecular weight excluding hydrogens is 280 g/mol. The summed E-state index contributed by atoms with van der Waals surface area (Å²) in [7, 11) is -1.47. The molecule has 0 amide bonds. The molecule has 1 heterocycles. The molecule has 19 heavy (non-hydrogen) atoms. The molecule has 1 aromatic rings. The van der Waals surface area contributed by atoms with Crippen LogP contribution in [0.2, 0.25) is 0 Å². The monoisotopic (exact) mass is 296 g/mol. The Morgan fingerprint density at radius 3 is 2.58 bits per heavy atom. The topological polar surface area (TPSA) is 49.7 Å². The summed E-state index contributed by atoms with van der Waals surface area (Å²) in [5, 5.41) is 0. The zero-order chi connectivity index (χ0) is 13.7. The van der Waals surface area contributed by atoms with Crippen LogP contribution >= 0.6 is 11.8 Å². The summed E-state index contributed by atoms with van der Waals surface area (Å²) in [5.74, 6) is 0.685. The Morgan fingerprint density at radius 1 is 1.32 bits per heavy atom. The smallest absolute Gasteiger partial charge is 0.251 e. The third kappa shape index (κ3) is 2.17. The Balaban J connectivity index is 2.15. The second-order valence-corrected chi connectivity index (χ2v) is 8.20. The van der Waals surface area contributed by atoms with Gasteiger partial charge >= 0.3 is 0 Å². The molecule has 0 atom stereocenters. The van der Waals surface area contributed by atoms with Crippen LogP contribution in [0.5, 0.6) is 0 Å². The third-order valence-corrected chi connectivity index (χ3v) is 5.72. The van der Waals surface area contributed by atoms with Crippen molar-refractivity contribution in [2.45, 2.75) is 28.9 Å². The van der Waals surface area contributed by atoms with Gasteiger partial charge in [-0.05, 0) is 31.4 Å². The molecule has 0 N–H and O–H groups in total. The fraction of sp³-hybridized carbons (Fsp3) is 0.462. The number of hydrogen-bond donors (Lipinski definition) is 0. The van der Waals surface area contributed by atoms with Crippen molar-refractivity contribution in [1.29, 1.82) is 0 Å². The van der Waals surface area contributed by atoms with E-state index in [1.807, 2.05) is 30.1 Å². The van der Waals surface area contributed by atoms with Crippen LogP contribution in [0.25, 0.3) is 0 Å². The molecule has 0 saturated heterocycles. The van der Waals surface area contributed by atoms with Gasteiger partial charge in [0.2, 0.25) is 0 Å². The molecule has 1 aliphatic carbocycles. The second kappa shape index (κ2) is 4.24. The minimum absolute atomic E-state index is 0.147. The van der Waals surface area contributed by atoms with Gasteiger partial charge in [-0.3, -0.25) is 0 Å². The van der Waals surface area contributed by atoms with Crippen molar-refractivity contribution >= 4 is 33.3 Å². The van der Waals surface area contributed by atoms with Gasteiger partial charge in [-0.25, -0.2) is 8.42 Å². The summed E-state index contributed by atoms with van der Waals surface area (Å²) in [6, 6.07) is 8.08. The van der Waals surface area contributed by atoms with Crippen LogP contribution in [-0.2, 0) is 10.0 Å². The van der Waals surface area contributed by atoms with E-state index in [1.165, 1.54) is 4.90 Å². The Labute approximate surface area is 118 Å². The molecule has 0 unspecified atom stereocenters. The van der Waals surface area contributed by atoms with Crippen LogP contribution in [-0.4, -0.2) is 32.3 Å². The molecule has 4 nitrogen and oxygen atoms in total. The molecule has 102 valence electrons. The predicted molar refractivity (Wildman–Crippen MR) is 79.6 cm³/mol. The van der Waals surface area contributed by atoms with Gasteiger partial charge in [-0.1, -0.05) is 12.1 Å². The van der Waals surface area contributed by atoms with E-state index in [2.05, 4.69) is 10.5 Å². The minimum atomic E-state index is -3.37. The lowest BCUT2D eigenvalue weighted by atomic mass is 9.82. The molecule has 3 rings (SSSR count). The van der Waals surface area contributed by atoms with Crippen molar-refractivity contribution in [1.82, 2.24) is 0 Å². The van der Waals surface area contributed by atoms with E-state index in [0.29, 0.717) is 5.84 Å². The number of thioether (sulfide) groups is 1. The summed E-state index contributed by atoms with van der Waals surface area (Å²) >= 11 is 1.76. The van der Waals surface area contributed by atoms with Gasteiger partial charge in [0.15, 0.2) is 0 Å². The lowest BCUT2D eigenvalue weighted by molar-refractivity contribution is 0.449. The number of anilines is 1. The van der Waals surface area contributed by atoms with E-state index in [9.17, 15) is 8.42 Å². The molecule has 6 heteroatoms. The van der Waals surface area contributed by atoms with E-state index < -0.39 is 10.0 Å². The first-order chi connectivity index (χ1) is 8.91. The fourth-order valence-electron chi connectivity index (χ4n) is 2.62. The largest absolute Gasteiger partial charge is 0.330 e. The molecule has 1 spiro atoms. The Morgan fingerprint density at radius 2 is 2.00 bits per heavy atom. The zero-order valence-corrected chi connectivity index (χ0v) is 12.6. The molecule has 0 radical (unpaired) electrons. The predicted octanol–water partition coefficient (Wildman–Crippen LogP) is 2.51. The number of nitrogens with zero attached hydrogens (tertiary/aromatic N) is 2. The van der Waals surface area contributed by atoms with E-state index >= 15 is 0 Å². The average Bonchev–Trinajstić information content (AvgIpc) is 2.29. The van der Waals surface area contributed by atoms with Gasteiger partial charge in [-0.15, -0.1) is 16.2 Å². The van der Waals surface area contributed by atoms with E-state index in [4.69, 9.17) is 0 Å². The fourth-order valence-corrected chi connectivity index (χ4v) is 4.93. The number of rotatable bonds is 1. The van der Waals surface area contributed by atoms with Crippen LogP contribution in [0.3, 0.4) is 0 Å². The molecule has 2 aliphatic rings. The SMILES string of the molecule is CN1/C(=N\S(C)(=O)=O)C2(CCC2)Sc2ccccc21. The van der Waals surface area contributed by atoms with E-state index in [0.717, 1.165) is 31.2 Å². The Kier molecular flexibility index (Phi) is 2.90. The normalized spacial score (nSPS) is 23.3. The minimum Gasteiger partial charge on any atom is -0.330 e. The summed E-state index contributed by atoms with van der Waals surface area (Å²) in [5.41, 5.74) is 1.03. The van der Waals surface area contributed by atoms with Crippen molar-refractivity contribution in [3.8, 4) is 0 Å². The number of para-hydroxylation sites is 1. The number of benzene rings is 1. The first-order valence-electron chi connectivity index (χ1n) is 6.23. The van der Waals surface area contributed by atoms with E-state index in [-0.39, 0.29) is 4.75 Å². The van der Waals surface area contributed by atoms with Gasteiger partial charge in [0.05, 0.1) is 16.7 Å². The van der Waals surface area contributed by atoms with Crippen molar-refractivity contribution in [2.24, 2.45) is 4.40 Å². The molecule has 0 aromatic heterocycles. The summed E-state index contributed by atoms with van der Waals surface area (Å²) in [4.78, 5) is 3.14. The molecule has 1 fully saturated rings. The van der Waals surface area contributed by atoms with Crippen molar-refractivity contribution in [3.05, 3.63) is 24.3 Å². The molecule has 1 saturated carbocycles. The molecular formula is C13H16N2O2S2. The maximum absolute atomic E-state index is 11.6. The number of hydrogen-bond acceptors (Lipinski definition) is 3. The summed E-state index contributed by atoms with van der Waals surface area (Å²) in [6.07, 6.45) is 4.27. The Bertz CT molecular complexity index is 648. The second-order valence-electron chi connectivity index (χ2n) is 5.12. The highest BCUT2D eigenvalue weighted by Gasteiger charge is 2.48. The van der Waals surface area contributed by atoms with Crippen LogP contribution in [0.1, 0.15) is 19.3 Å². The summed E-state index contributed by atoms with van der Waals surface area (Å²) in [6.45, 7) is 0. The third-order valence-electron chi connectivity index (χ3n) is 3.67. The van der Waals surface area contributed by atoms with Crippen molar-refractivity contribution in [3.63, 3.8) is 0 Å². The maximum atomic E-state index is 11.6. The van der Waals surface area contributed by atoms with Crippen LogP contribution in [0, 0.1) is 0 Å². The average molecular weight is 296 g/mol. The number of amidine groups is 1. The molecule has 1 aromatic carbocycles. The van der Waals surface area contributed by atoms with Crippen molar-refractivity contribution < 1.29 is 8.42 Å². The first kappa shape index (κ1) is 13.0. The van der Waals surface area contributed by atoms with Gasteiger partial charge in [-0.2, -0.15) is 0 Å². The number of sulfonamides is 1. The highest BCUT2D eigenvalue weighted by atomic mass is 32.2. The van der Waals surface area contributed by atoms with Crippen LogP contribution in [0.15, 0.2) is 33.6 Å². The van der Waals surface area contributed by atoms with Crippen LogP contribution < -0.4 is 4.90 Å². The molecule has 1 aliphatic heterocycles. The lowest BCUT2D eigenvalue weighted by Gasteiger charge is -2.48. The number of fused-ring (bicyclic) bond motifs is 1. The molecule has 0 bridgehead atoms. The highest BCUT2D eigenvalue weighted by Crippen LogP contribution is 2.54. The quantitative estimate of drug-likeness (QED) is 0.799. The van der Waals surface area contributed by atoms with E-state index in [1.54, 1.807) is 11.8 Å². The van der Waals surface area contributed by atoms with Gasteiger partial charge in [0.25, 0.3) is 10.0 Å². The first-order valence-corrected chi connectivity index (χ1v) is 8.90. The Hall–Kier alpha value is -1.01. The zero-order valence-electron chi connectivity index (χ0n) is 11.0. The highest BCUT2D eigenvalue weighted by molar-refractivity contribution is 8.02.